The van der Waals surface area contributed by atoms with Crippen molar-refractivity contribution in [1.82, 2.24) is 5.32 Å². The Bertz CT molecular complexity index is 353. The van der Waals surface area contributed by atoms with Gasteiger partial charge >= 0.3 is 0 Å². The molecule has 2 rings (SSSR count). The van der Waals surface area contributed by atoms with Gasteiger partial charge in [0, 0.05) is 12.6 Å². The molecule has 0 amide bonds. The van der Waals surface area contributed by atoms with E-state index in [2.05, 4.69) is 5.32 Å². The number of hydrogen-bond acceptors (Lipinski definition) is 3. The third-order valence-corrected chi connectivity index (χ3v) is 2.97. The van der Waals surface area contributed by atoms with E-state index in [0.29, 0.717) is 36.6 Å². The van der Waals surface area contributed by atoms with Crippen LogP contribution < -0.4 is 14.8 Å². The van der Waals surface area contributed by atoms with Gasteiger partial charge in [0.05, 0.1) is 14.2 Å². The summed E-state index contributed by atoms with van der Waals surface area (Å²) in [6, 6.07) is 5.21. The number of ether oxygens (including phenoxy) is 2. The molecule has 88 valence electrons. The van der Waals surface area contributed by atoms with Gasteiger partial charge in [-0.1, -0.05) is 0 Å². The Hall–Kier alpha value is -1.29. The monoisotopic (exact) mass is 225 g/mol. The van der Waals surface area contributed by atoms with Gasteiger partial charge in [-0.3, -0.25) is 0 Å². The second-order valence-corrected chi connectivity index (χ2v) is 3.99. The van der Waals surface area contributed by atoms with Crippen molar-refractivity contribution < 1.29 is 13.9 Å². The lowest BCUT2D eigenvalue weighted by Crippen LogP contribution is -2.23. The molecule has 0 spiro atoms. The minimum absolute atomic E-state index is 0.351. The Morgan fingerprint density at radius 2 is 1.81 bits per heavy atom. The van der Waals surface area contributed by atoms with Gasteiger partial charge in [-0.05, 0) is 30.7 Å². The van der Waals surface area contributed by atoms with Crippen LogP contribution in [0.4, 0.5) is 4.39 Å². The average Bonchev–Trinajstić information content (AvgIpc) is 2.77. The lowest BCUT2D eigenvalue weighted by Gasteiger charge is -2.20. The second kappa shape index (κ2) is 4.29. The van der Waals surface area contributed by atoms with Crippen molar-refractivity contribution in [3.8, 4) is 11.5 Å². The molecule has 0 saturated carbocycles. The molecule has 16 heavy (non-hydrogen) atoms. The SMILES string of the molecule is COc1cc(OC)cc([C@]2(F)CCNC2)c1. The van der Waals surface area contributed by atoms with Crippen molar-refractivity contribution >= 4 is 0 Å². The summed E-state index contributed by atoms with van der Waals surface area (Å²) >= 11 is 0. The molecule has 0 radical (unpaired) electrons. The zero-order chi connectivity index (χ0) is 11.6. The minimum Gasteiger partial charge on any atom is -0.497 e. The van der Waals surface area contributed by atoms with Crippen molar-refractivity contribution in [2.75, 3.05) is 27.3 Å². The first kappa shape index (κ1) is 11.2. The summed E-state index contributed by atoms with van der Waals surface area (Å²) in [5.74, 6) is 1.25. The van der Waals surface area contributed by atoms with Crippen LogP contribution in [0.25, 0.3) is 0 Å². The topological polar surface area (TPSA) is 30.5 Å². The minimum atomic E-state index is -1.30. The third-order valence-electron chi connectivity index (χ3n) is 2.97. The molecule has 1 aliphatic rings. The predicted octanol–water partition coefficient (Wildman–Crippen LogP) is 1.86. The molecule has 0 bridgehead atoms. The van der Waals surface area contributed by atoms with E-state index in [-0.39, 0.29) is 0 Å². The third kappa shape index (κ3) is 1.97. The lowest BCUT2D eigenvalue weighted by atomic mass is 9.94. The summed E-state index contributed by atoms with van der Waals surface area (Å²) in [4.78, 5) is 0. The molecule has 1 heterocycles. The molecule has 1 aromatic rings. The van der Waals surface area contributed by atoms with Crippen LogP contribution in [0.1, 0.15) is 12.0 Å². The largest absolute Gasteiger partial charge is 0.497 e. The smallest absolute Gasteiger partial charge is 0.149 e. The highest BCUT2D eigenvalue weighted by Gasteiger charge is 2.36. The van der Waals surface area contributed by atoms with Crippen LogP contribution >= 0.6 is 0 Å². The van der Waals surface area contributed by atoms with Crippen molar-refractivity contribution in [2.24, 2.45) is 0 Å². The average molecular weight is 225 g/mol. The van der Waals surface area contributed by atoms with Gasteiger partial charge in [-0.25, -0.2) is 4.39 Å². The fourth-order valence-electron chi connectivity index (χ4n) is 1.97. The number of rotatable bonds is 3. The van der Waals surface area contributed by atoms with E-state index >= 15 is 0 Å². The van der Waals surface area contributed by atoms with Crippen molar-refractivity contribution in [1.29, 1.82) is 0 Å². The molecular formula is C12H16FNO2. The van der Waals surface area contributed by atoms with Crippen molar-refractivity contribution in [3.63, 3.8) is 0 Å². The summed E-state index contributed by atoms with van der Waals surface area (Å²) < 4.78 is 24.8. The van der Waals surface area contributed by atoms with E-state index in [1.54, 1.807) is 32.4 Å². The Kier molecular flexibility index (Phi) is 3.01. The number of halogens is 1. The summed E-state index contributed by atoms with van der Waals surface area (Å²) in [6.07, 6.45) is 0.489. The molecule has 0 aliphatic carbocycles. The zero-order valence-corrected chi connectivity index (χ0v) is 9.55. The maximum atomic E-state index is 14.5. The van der Waals surface area contributed by atoms with Crippen LogP contribution in [0.3, 0.4) is 0 Å². The first-order chi connectivity index (χ1) is 7.68. The van der Waals surface area contributed by atoms with E-state index in [1.165, 1.54) is 0 Å². The van der Waals surface area contributed by atoms with Crippen molar-refractivity contribution in [3.05, 3.63) is 23.8 Å². The van der Waals surface area contributed by atoms with Crippen molar-refractivity contribution in [2.45, 2.75) is 12.1 Å². The molecule has 1 fully saturated rings. The Labute approximate surface area is 94.6 Å². The quantitative estimate of drug-likeness (QED) is 0.851. The normalized spacial score (nSPS) is 24.4. The van der Waals surface area contributed by atoms with Gasteiger partial charge in [0.25, 0.3) is 0 Å². The predicted molar refractivity (Wildman–Crippen MR) is 59.8 cm³/mol. The van der Waals surface area contributed by atoms with Gasteiger partial charge in [-0.15, -0.1) is 0 Å². The van der Waals surface area contributed by atoms with Crippen LogP contribution in [0.15, 0.2) is 18.2 Å². The Morgan fingerprint density at radius 1 is 1.19 bits per heavy atom. The fraction of sp³-hybridized carbons (Fsp3) is 0.500. The van der Waals surface area contributed by atoms with Gasteiger partial charge < -0.3 is 14.8 Å². The van der Waals surface area contributed by atoms with E-state index in [4.69, 9.17) is 9.47 Å². The highest BCUT2D eigenvalue weighted by Crippen LogP contribution is 2.36. The maximum Gasteiger partial charge on any atom is 0.149 e. The van der Waals surface area contributed by atoms with E-state index in [0.717, 1.165) is 0 Å². The van der Waals surface area contributed by atoms with E-state index in [1.807, 2.05) is 0 Å². The standard InChI is InChI=1S/C12H16FNO2/c1-15-10-5-9(6-11(7-10)16-2)12(13)3-4-14-8-12/h5-7,14H,3-4,8H2,1-2H3/t12-/m0/s1. The maximum absolute atomic E-state index is 14.5. The van der Waals surface area contributed by atoms with Gasteiger partial charge in [0.2, 0.25) is 0 Å². The second-order valence-electron chi connectivity index (χ2n) is 3.99. The van der Waals surface area contributed by atoms with Crippen LogP contribution in [-0.4, -0.2) is 27.3 Å². The van der Waals surface area contributed by atoms with Crippen LogP contribution in [0.2, 0.25) is 0 Å². The molecule has 1 aliphatic heterocycles. The zero-order valence-electron chi connectivity index (χ0n) is 9.55. The summed E-state index contributed by atoms with van der Waals surface area (Å²) in [7, 11) is 3.13. The van der Waals surface area contributed by atoms with Gasteiger partial charge in [0.1, 0.15) is 17.2 Å². The number of hydrogen-bond donors (Lipinski definition) is 1. The molecular weight excluding hydrogens is 209 g/mol. The van der Waals surface area contributed by atoms with E-state index < -0.39 is 5.67 Å². The molecule has 0 unspecified atom stereocenters. The van der Waals surface area contributed by atoms with Gasteiger partial charge in [-0.2, -0.15) is 0 Å². The first-order valence-corrected chi connectivity index (χ1v) is 5.31. The van der Waals surface area contributed by atoms with Crippen LogP contribution in [-0.2, 0) is 5.67 Å². The highest BCUT2D eigenvalue weighted by molar-refractivity contribution is 5.41. The molecule has 1 N–H and O–H groups in total. The van der Waals surface area contributed by atoms with Crippen LogP contribution in [0.5, 0.6) is 11.5 Å². The number of alkyl halides is 1. The molecule has 1 atom stereocenters. The Balaban J connectivity index is 2.39. The Morgan fingerprint density at radius 3 is 2.25 bits per heavy atom. The molecule has 1 saturated heterocycles. The highest BCUT2D eigenvalue weighted by atomic mass is 19.1. The van der Waals surface area contributed by atoms with Gasteiger partial charge in [0.15, 0.2) is 0 Å². The first-order valence-electron chi connectivity index (χ1n) is 5.31. The number of benzene rings is 1. The molecule has 3 nitrogen and oxygen atoms in total. The summed E-state index contributed by atoms with van der Waals surface area (Å²) in [6.45, 7) is 1.05. The number of methoxy groups -OCH3 is 2. The molecule has 4 heteroatoms. The lowest BCUT2D eigenvalue weighted by molar-refractivity contribution is 0.192. The fourth-order valence-corrected chi connectivity index (χ4v) is 1.97. The molecule has 1 aromatic carbocycles. The summed E-state index contributed by atoms with van der Waals surface area (Å²) in [5, 5.41) is 3.03. The number of nitrogens with one attached hydrogen (secondary N) is 1. The summed E-state index contributed by atoms with van der Waals surface area (Å²) in [5.41, 5.74) is -0.685. The van der Waals surface area contributed by atoms with Crippen LogP contribution in [0, 0.1) is 0 Å². The van der Waals surface area contributed by atoms with E-state index in [9.17, 15) is 4.39 Å². The molecule has 0 aromatic heterocycles.